The summed E-state index contributed by atoms with van der Waals surface area (Å²) in [6, 6.07) is 19.3. The van der Waals surface area contributed by atoms with Gasteiger partial charge < -0.3 is 4.74 Å². The third kappa shape index (κ3) is 4.40. The number of hydrogen-bond acceptors (Lipinski definition) is 3. The van der Waals surface area contributed by atoms with E-state index in [-0.39, 0.29) is 5.91 Å². The van der Waals surface area contributed by atoms with Crippen LogP contribution in [0.4, 0.5) is 0 Å². The molecule has 0 heterocycles. The van der Waals surface area contributed by atoms with E-state index in [0.29, 0.717) is 12.2 Å². The standard InChI is InChI=1S/C21H19IN2O2/c1-2-13-26-20-12-9-15-5-3-4-6-18(15)19(20)14-23-24-21(25)16-7-10-17(22)11-8-16/h3-12,14H,2,13H2,1H3,(H,24,25)/b23-14-. The second-order valence-electron chi connectivity index (χ2n) is 5.75. The summed E-state index contributed by atoms with van der Waals surface area (Å²) in [6.07, 6.45) is 2.57. The highest BCUT2D eigenvalue weighted by Gasteiger charge is 2.08. The van der Waals surface area contributed by atoms with Gasteiger partial charge in [-0.3, -0.25) is 4.79 Å². The van der Waals surface area contributed by atoms with Gasteiger partial charge in [-0.15, -0.1) is 0 Å². The summed E-state index contributed by atoms with van der Waals surface area (Å²) in [7, 11) is 0. The van der Waals surface area contributed by atoms with E-state index in [2.05, 4.69) is 40.0 Å². The van der Waals surface area contributed by atoms with Crippen molar-refractivity contribution in [2.75, 3.05) is 6.61 Å². The lowest BCUT2D eigenvalue weighted by molar-refractivity contribution is 0.0955. The Hall–Kier alpha value is -2.41. The van der Waals surface area contributed by atoms with Crippen LogP contribution < -0.4 is 10.2 Å². The zero-order valence-electron chi connectivity index (χ0n) is 14.4. The van der Waals surface area contributed by atoms with Gasteiger partial charge in [-0.2, -0.15) is 5.10 Å². The van der Waals surface area contributed by atoms with Gasteiger partial charge in [0.05, 0.1) is 12.8 Å². The van der Waals surface area contributed by atoms with E-state index in [4.69, 9.17) is 4.74 Å². The van der Waals surface area contributed by atoms with Crippen LogP contribution in [0.1, 0.15) is 29.3 Å². The number of ether oxygens (including phenoxy) is 1. The van der Waals surface area contributed by atoms with Gasteiger partial charge in [0.25, 0.3) is 5.91 Å². The van der Waals surface area contributed by atoms with Gasteiger partial charge in [0.2, 0.25) is 0 Å². The van der Waals surface area contributed by atoms with E-state index < -0.39 is 0 Å². The van der Waals surface area contributed by atoms with Crippen LogP contribution in [0, 0.1) is 3.57 Å². The predicted octanol–water partition coefficient (Wildman–Crippen LogP) is 5.00. The number of rotatable bonds is 6. The molecule has 0 aromatic heterocycles. The van der Waals surface area contributed by atoms with Crippen molar-refractivity contribution in [2.24, 2.45) is 5.10 Å². The van der Waals surface area contributed by atoms with Crippen LogP contribution in [0.2, 0.25) is 0 Å². The summed E-state index contributed by atoms with van der Waals surface area (Å²) < 4.78 is 6.92. The van der Waals surface area contributed by atoms with Crippen molar-refractivity contribution in [3.05, 3.63) is 75.4 Å². The molecule has 0 fully saturated rings. The van der Waals surface area contributed by atoms with Crippen LogP contribution >= 0.6 is 22.6 Å². The van der Waals surface area contributed by atoms with Gasteiger partial charge >= 0.3 is 0 Å². The van der Waals surface area contributed by atoms with Gasteiger partial charge in [-0.25, -0.2) is 5.43 Å². The van der Waals surface area contributed by atoms with Crippen LogP contribution in [0.5, 0.6) is 5.75 Å². The topological polar surface area (TPSA) is 50.7 Å². The highest BCUT2D eigenvalue weighted by Crippen LogP contribution is 2.26. The molecular weight excluding hydrogens is 439 g/mol. The maximum Gasteiger partial charge on any atom is 0.271 e. The van der Waals surface area contributed by atoms with Crippen molar-refractivity contribution < 1.29 is 9.53 Å². The van der Waals surface area contributed by atoms with Crippen LogP contribution in [-0.4, -0.2) is 18.7 Å². The van der Waals surface area contributed by atoms with E-state index >= 15 is 0 Å². The SMILES string of the molecule is CCCOc1ccc2ccccc2c1/C=N\NC(=O)c1ccc(I)cc1. The van der Waals surface area contributed by atoms with Gasteiger partial charge in [0.1, 0.15) is 5.75 Å². The lowest BCUT2D eigenvalue weighted by Gasteiger charge is -2.11. The zero-order chi connectivity index (χ0) is 18.4. The number of nitrogens with one attached hydrogen (secondary N) is 1. The zero-order valence-corrected chi connectivity index (χ0v) is 16.6. The number of fused-ring (bicyclic) bond motifs is 1. The Morgan fingerprint density at radius 1 is 1.12 bits per heavy atom. The molecule has 26 heavy (non-hydrogen) atoms. The number of carbonyl (C=O) groups is 1. The number of hydrogen-bond donors (Lipinski definition) is 1. The number of nitrogens with zero attached hydrogens (tertiary/aromatic N) is 1. The molecule has 0 aliphatic heterocycles. The van der Waals surface area contributed by atoms with E-state index in [1.165, 1.54) is 0 Å². The largest absolute Gasteiger partial charge is 0.493 e. The van der Waals surface area contributed by atoms with Crippen LogP contribution in [-0.2, 0) is 0 Å². The summed E-state index contributed by atoms with van der Waals surface area (Å²) in [5, 5.41) is 6.29. The van der Waals surface area contributed by atoms with Gasteiger partial charge in [-0.05, 0) is 70.1 Å². The lowest BCUT2D eigenvalue weighted by atomic mass is 10.0. The molecule has 132 valence electrons. The Morgan fingerprint density at radius 2 is 1.88 bits per heavy atom. The smallest absolute Gasteiger partial charge is 0.271 e. The van der Waals surface area contributed by atoms with E-state index in [1.54, 1.807) is 18.3 Å². The van der Waals surface area contributed by atoms with Crippen LogP contribution in [0.15, 0.2) is 65.8 Å². The minimum absolute atomic E-state index is 0.242. The third-order valence-electron chi connectivity index (χ3n) is 3.86. The summed E-state index contributed by atoms with van der Waals surface area (Å²) >= 11 is 2.20. The molecule has 1 amide bonds. The van der Waals surface area contributed by atoms with Crippen LogP contribution in [0.3, 0.4) is 0 Å². The molecule has 1 N–H and O–H groups in total. The molecule has 0 aliphatic carbocycles. The number of benzene rings is 3. The Labute approximate surface area is 166 Å². The molecule has 3 rings (SSSR count). The number of halogens is 1. The molecule has 0 saturated heterocycles. The molecule has 4 nitrogen and oxygen atoms in total. The average Bonchev–Trinajstić information content (AvgIpc) is 2.67. The summed E-state index contributed by atoms with van der Waals surface area (Å²) in [6.45, 7) is 2.70. The minimum Gasteiger partial charge on any atom is -0.493 e. The molecule has 0 spiro atoms. The van der Waals surface area contributed by atoms with Crippen molar-refractivity contribution in [1.82, 2.24) is 5.43 Å². The van der Waals surface area contributed by atoms with E-state index in [9.17, 15) is 4.79 Å². The second kappa shape index (κ2) is 8.80. The fourth-order valence-corrected chi connectivity index (χ4v) is 2.93. The first-order chi connectivity index (χ1) is 12.7. The van der Waals surface area contributed by atoms with Crippen molar-refractivity contribution >= 4 is 45.5 Å². The van der Waals surface area contributed by atoms with Crippen molar-refractivity contribution in [3.63, 3.8) is 0 Å². The van der Waals surface area contributed by atoms with Crippen molar-refractivity contribution in [2.45, 2.75) is 13.3 Å². The Bertz CT molecular complexity index is 936. The monoisotopic (exact) mass is 458 g/mol. The Balaban J connectivity index is 1.85. The lowest BCUT2D eigenvalue weighted by Crippen LogP contribution is -2.17. The molecule has 3 aromatic rings. The minimum atomic E-state index is -0.242. The third-order valence-corrected chi connectivity index (χ3v) is 4.58. The first-order valence-corrected chi connectivity index (χ1v) is 9.50. The Morgan fingerprint density at radius 3 is 2.65 bits per heavy atom. The molecule has 0 aliphatic rings. The highest BCUT2D eigenvalue weighted by atomic mass is 127. The second-order valence-corrected chi connectivity index (χ2v) is 7.00. The maximum atomic E-state index is 12.2. The Kier molecular flexibility index (Phi) is 6.22. The van der Waals surface area contributed by atoms with Crippen molar-refractivity contribution in [1.29, 1.82) is 0 Å². The highest BCUT2D eigenvalue weighted by molar-refractivity contribution is 14.1. The number of carbonyl (C=O) groups excluding carboxylic acids is 1. The predicted molar refractivity (Wildman–Crippen MR) is 114 cm³/mol. The number of amides is 1. The summed E-state index contributed by atoms with van der Waals surface area (Å²) in [4.78, 5) is 12.2. The van der Waals surface area contributed by atoms with Gasteiger partial charge in [0, 0.05) is 14.7 Å². The quantitative estimate of drug-likeness (QED) is 0.321. The fourth-order valence-electron chi connectivity index (χ4n) is 2.57. The maximum absolute atomic E-state index is 12.2. The first-order valence-electron chi connectivity index (χ1n) is 8.42. The van der Waals surface area contributed by atoms with Crippen molar-refractivity contribution in [3.8, 4) is 5.75 Å². The molecule has 0 atom stereocenters. The fraction of sp³-hybridized carbons (Fsp3) is 0.143. The molecule has 0 radical (unpaired) electrons. The summed E-state index contributed by atoms with van der Waals surface area (Å²) in [5.41, 5.74) is 4.02. The molecule has 5 heteroatoms. The summed E-state index contributed by atoms with van der Waals surface area (Å²) in [5.74, 6) is 0.520. The number of hydrazone groups is 1. The van der Waals surface area contributed by atoms with Gasteiger partial charge in [0.15, 0.2) is 0 Å². The van der Waals surface area contributed by atoms with Crippen LogP contribution in [0.25, 0.3) is 10.8 Å². The molecular formula is C21H19IN2O2. The first kappa shape index (κ1) is 18.4. The molecule has 0 bridgehead atoms. The molecule has 0 unspecified atom stereocenters. The van der Waals surface area contributed by atoms with E-state index in [1.807, 2.05) is 48.5 Å². The molecule has 0 saturated carbocycles. The normalized spacial score (nSPS) is 11.0. The molecule has 3 aromatic carbocycles. The van der Waals surface area contributed by atoms with E-state index in [0.717, 1.165) is 32.1 Å². The van der Waals surface area contributed by atoms with Gasteiger partial charge in [-0.1, -0.05) is 37.3 Å². The average molecular weight is 458 g/mol.